The van der Waals surface area contributed by atoms with Crippen LogP contribution < -0.4 is 4.90 Å². The molecular formula is C23H25N5O2S. The van der Waals surface area contributed by atoms with Crippen LogP contribution in [0.5, 0.6) is 0 Å². The highest BCUT2D eigenvalue weighted by Gasteiger charge is 2.35. The highest BCUT2D eigenvalue weighted by molar-refractivity contribution is 7.92. The lowest BCUT2D eigenvalue weighted by molar-refractivity contribution is 0.312. The van der Waals surface area contributed by atoms with Crippen molar-refractivity contribution in [2.75, 3.05) is 38.1 Å². The van der Waals surface area contributed by atoms with Crippen LogP contribution in [0.2, 0.25) is 0 Å². The van der Waals surface area contributed by atoms with Crippen molar-refractivity contribution in [2.24, 2.45) is 0 Å². The van der Waals surface area contributed by atoms with Gasteiger partial charge in [0, 0.05) is 26.2 Å². The van der Waals surface area contributed by atoms with E-state index in [2.05, 4.69) is 9.88 Å². The number of nitrogens with zero attached hydrogens (tertiary/aromatic N) is 5. The summed E-state index contributed by atoms with van der Waals surface area (Å²) in [6.07, 6.45) is 0. The van der Waals surface area contributed by atoms with Crippen molar-refractivity contribution in [2.45, 2.75) is 24.0 Å². The van der Waals surface area contributed by atoms with Gasteiger partial charge < -0.3 is 9.80 Å². The average molecular weight is 436 g/mol. The molecule has 8 heteroatoms. The largest absolute Gasteiger partial charge is 0.352 e. The Hall–Kier alpha value is -3.02. The molecule has 0 spiro atoms. The molecular weight excluding hydrogens is 410 g/mol. The molecule has 2 heterocycles. The molecule has 0 aliphatic carbocycles. The second-order valence-corrected chi connectivity index (χ2v) is 10.0. The van der Waals surface area contributed by atoms with E-state index < -0.39 is 15.1 Å². The van der Waals surface area contributed by atoms with Gasteiger partial charge in [-0.05, 0) is 56.3 Å². The third-order valence-electron chi connectivity index (χ3n) is 5.86. The molecule has 2 aromatic carbocycles. The van der Waals surface area contributed by atoms with Crippen LogP contribution >= 0.6 is 0 Å². The molecule has 1 aromatic heterocycles. The van der Waals surface area contributed by atoms with Gasteiger partial charge in [-0.3, -0.25) is 0 Å². The van der Waals surface area contributed by atoms with E-state index in [9.17, 15) is 13.7 Å². The number of rotatable bonds is 4. The molecule has 0 bridgehead atoms. The summed E-state index contributed by atoms with van der Waals surface area (Å²) in [6.45, 7) is 6.83. The number of benzene rings is 2. The number of likely N-dealkylation sites (N-methyl/N-ethyl adjacent to an activating group) is 1. The number of nitriles is 1. The van der Waals surface area contributed by atoms with Crippen LogP contribution in [-0.4, -0.2) is 56.5 Å². The van der Waals surface area contributed by atoms with Gasteiger partial charge in [0.1, 0.15) is 5.69 Å². The lowest BCUT2D eigenvalue weighted by Crippen LogP contribution is -2.45. The Morgan fingerprint density at radius 3 is 2.23 bits per heavy atom. The second-order valence-electron chi connectivity index (χ2n) is 8.01. The molecule has 31 heavy (non-hydrogen) atoms. The van der Waals surface area contributed by atoms with E-state index in [0.29, 0.717) is 29.9 Å². The minimum atomic E-state index is -3.98. The van der Waals surface area contributed by atoms with Crippen molar-refractivity contribution in [3.63, 3.8) is 0 Å². The summed E-state index contributed by atoms with van der Waals surface area (Å²) in [4.78, 5) is 13.8. The smallest absolute Gasteiger partial charge is 0.200 e. The SMILES string of the molecule is Cc1ccc(S(=O)(=O)[C@H](C#N)c2nc3ccccc3nc2N2CCN(C)CC2)cc1C. The molecule has 0 radical (unpaired) electrons. The van der Waals surface area contributed by atoms with Gasteiger partial charge in [0.25, 0.3) is 0 Å². The number of para-hydroxylation sites is 2. The van der Waals surface area contributed by atoms with Crippen LogP contribution in [0.25, 0.3) is 11.0 Å². The summed E-state index contributed by atoms with van der Waals surface area (Å²) in [5.41, 5.74) is 3.31. The van der Waals surface area contributed by atoms with Gasteiger partial charge in [0.15, 0.2) is 11.1 Å². The maximum Gasteiger partial charge on any atom is 0.200 e. The Labute approximate surface area is 182 Å². The number of aryl methyl sites for hydroxylation is 2. The van der Waals surface area contributed by atoms with E-state index in [-0.39, 0.29) is 10.6 Å². The van der Waals surface area contributed by atoms with Crippen molar-refractivity contribution in [3.05, 3.63) is 59.3 Å². The summed E-state index contributed by atoms with van der Waals surface area (Å²) in [5.74, 6) is 0.478. The van der Waals surface area contributed by atoms with Gasteiger partial charge in [0.05, 0.1) is 22.0 Å². The monoisotopic (exact) mass is 435 g/mol. The standard InChI is InChI=1S/C23H25N5O2S/c1-16-8-9-18(14-17(16)2)31(29,30)21(15-24)22-23(28-12-10-27(3)11-13-28)26-20-7-5-4-6-19(20)25-22/h4-9,14,21H,10-13H2,1-3H3/t21-/m1/s1. The van der Waals surface area contributed by atoms with E-state index in [1.54, 1.807) is 24.3 Å². The number of hydrogen-bond donors (Lipinski definition) is 0. The fourth-order valence-electron chi connectivity index (χ4n) is 3.74. The Morgan fingerprint density at radius 1 is 0.968 bits per heavy atom. The molecule has 160 valence electrons. The van der Waals surface area contributed by atoms with E-state index in [0.717, 1.165) is 24.2 Å². The van der Waals surface area contributed by atoms with Gasteiger partial charge in [-0.1, -0.05) is 18.2 Å². The third kappa shape index (κ3) is 3.99. The quantitative estimate of drug-likeness (QED) is 0.622. The first kappa shape index (κ1) is 21.2. The first-order chi connectivity index (χ1) is 14.8. The van der Waals surface area contributed by atoms with Crippen LogP contribution in [0.15, 0.2) is 47.4 Å². The molecule has 0 saturated carbocycles. The molecule has 1 atom stereocenters. The Balaban J connectivity index is 1.88. The van der Waals surface area contributed by atoms with Gasteiger partial charge in [-0.15, -0.1) is 0 Å². The minimum absolute atomic E-state index is 0.126. The zero-order chi connectivity index (χ0) is 22.2. The van der Waals surface area contributed by atoms with E-state index >= 15 is 0 Å². The number of piperazine rings is 1. The molecule has 0 unspecified atom stereocenters. The normalized spacial score (nSPS) is 16.3. The van der Waals surface area contributed by atoms with E-state index in [4.69, 9.17) is 4.98 Å². The maximum atomic E-state index is 13.5. The summed E-state index contributed by atoms with van der Waals surface area (Å²) in [6, 6.07) is 14.3. The van der Waals surface area contributed by atoms with E-state index in [1.807, 2.05) is 50.1 Å². The van der Waals surface area contributed by atoms with Crippen molar-refractivity contribution in [1.29, 1.82) is 5.26 Å². The van der Waals surface area contributed by atoms with Crippen LogP contribution in [0.4, 0.5) is 5.82 Å². The summed E-state index contributed by atoms with van der Waals surface area (Å²) < 4.78 is 27.1. The molecule has 1 saturated heterocycles. The van der Waals surface area contributed by atoms with Gasteiger partial charge in [-0.25, -0.2) is 18.4 Å². The topological polar surface area (TPSA) is 90.2 Å². The maximum absolute atomic E-state index is 13.5. The number of anilines is 1. The van der Waals surface area contributed by atoms with Crippen LogP contribution in [0.3, 0.4) is 0 Å². The predicted molar refractivity (Wildman–Crippen MR) is 121 cm³/mol. The second kappa shape index (κ2) is 8.25. The van der Waals surface area contributed by atoms with Crippen LogP contribution in [-0.2, 0) is 9.84 Å². The van der Waals surface area contributed by atoms with Crippen molar-refractivity contribution >= 4 is 26.7 Å². The summed E-state index contributed by atoms with van der Waals surface area (Å²) in [7, 11) is -1.94. The predicted octanol–water partition coefficient (Wildman–Crippen LogP) is 3.04. The van der Waals surface area contributed by atoms with E-state index in [1.165, 1.54) is 0 Å². The Kier molecular flexibility index (Phi) is 5.65. The van der Waals surface area contributed by atoms with Gasteiger partial charge in [-0.2, -0.15) is 5.26 Å². The first-order valence-corrected chi connectivity index (χ1v) is 11.8. The first-order valence-electron chi connectivity index (χ1n) is 10.2. The van der Waals surface area contributed by atoms with Crippen LogP contribution in [0, 0.1) is 25.2 Å². The zero-order valence-corrected chi connectivity index (χ0v) is 18.7. The molecule has 1 aliphatic rings. The van der Waals surface area contributed by atoms with Crippen molar-refractivity contribution in [3.8, 4) is 6.07 Å². The average Bonchev–Trinajstić information content (AvgIpc) is 2.76. The molecule has 0 N–H and O–H groups in total. The lowest BCUT2D eigenvalue weighted by atomic mass is 10.1. The molecule has 1 aliphatic heterocycles. The summed E-state index contributed by atoms with van der Waals surface area (Å²) in [5, 5.41) is 8.57. The number of sulfone groups is 1. The molecule has 0 amide bonds. The molecule has 3 aromatic rings. The van der Waals surface area contributed by atoms with Crippen LogP contribution in [0.1, 0.15) is 22.1 Å². The molecule has 7 nitrogen and oxygen atoms in total. The lowest BCUT2D eigenvalue weighted by Gasteiger charge is -2.34. The molecule has 4 rings (SSSR count). The number of aromatic nitrogens is 2. The number of fused-ring (bicyclic) bond motifs is 1. The highest BCUT2D eigenvalue weighted by Crippen LogP contribution is 2.34. The highest BCUT2D eigenvalue weighted by atomic mass is 32.2. The fraction of sp³-hybridized carbons (Fsp3) is 0.348. The van der Waals surface area contributed by atoms with Gasteiger partial charge >= 0.3 is 0 Å². The van der Waals surface area contributed by atoms with Crippen molar-refractivity contribution in [1.82, 2.24) is 14.9 Å². The fourth-order valence-corrected chi connectivity index (χ4v) is 5.20. The number of hydrogen-bond acceptors (Lipinski definition) is 7. The summed E-state index contributed by atoms with van der Waals surface area (Å²) >= 11 is 0. The molecule has 1 fully saturated rings. The Bertz CT molecular complexity index is 1270. The van der Waals surface area contributed by atoms with Crippen molar-refractivity contribution < 1.29 is 8.42 Å². The third-order valence-corrected chi connectivity index (χ3v) is 7.72. The zero-order valence-electron chi connectivity index (χ0n) is 17.9. The Morgan fingerprint density at radius 2 is 1.61 bits per heavy atom. The minimum Gasteiger partial charge on any atom is -0.352 e. The van der Waals surface area contributed by atoms with Gasteiger partial charge in [0.2, 0.25) is 9.84 Å².